The number of halogens is 3. The number of nitrogens with one attached hydrogen (secondary N) is 1. The highest BCUT2D eigenvalue weighted by Gasteiger charge is 2.48. The van der Waals surface area contributed by atoms with E-state index in [0.717, 1.165) is 12.1 Å². The zero-order valence-corrected chi connectivity index (χ0v) is 14.9. The lowest BCUT2D eigenvalue weighted by atomic mass is 9.87. The summed E-state index contributed by atoms with van der Waals surface area (Å²) in [5.74, 6) is -1.85. The van der Waals surface area contributed by atoms with Gasteiger partial charge in [-0.2, -0.15) is 0 Å². The second kappa shape index (κ2) is 8.11. The van der Waals surface area contributed by atoms with E-state index in [4.69, 9.17) is 4.74 Å². The van der Waals surface area contributed by atoms with E-state index in [1.807, 2.05) is 0 Å². The highest BCUT2D eigenvalue weighted by Crippen LogP contribution is 2.35. The van der Waals surface area contributed by atoms with Gasteiger partial charge >= 0.3 is 5.97 Å². The highest BCUT2D eigenvalue weighted by molar-refractivity contribution is 7.84. The van der Waals surface area contributed by atoms with Gasteiger partial charge in [0.1, 0.15) is 11.4 Å². The number of hydrogen-bond acceptors (Lipinski definition) is 3. The summed E-state index contributed by atoms with van der Waals surface area (Å²) < 4.78 is 60.8. The van der Waals surface area contributed by atoms with Gasteiger partial charge < -0.3 is 4.74 Å². The minimum Gasteiger partial charge on any atom is -0.466 e. The molecule has 8 heteroatoms. The molecule has 1 aromatic carbocycles. The molecule has 0 amide bonds. The van der Waals surface area contributed by atoms with Crippen molar-refractivity contribution in [2.45, 2.75) is 50.8 Å². The standard InChI is InChI=1S/C16H22F3NO3S/c1-5-23-13(21)10-16(14(18)19,20-24(22)15(2,3)4)11-8-6-7-9-12(11)17/h6-9,14,20H,5,10H2,1-4H3/t16-,24+/m0/s1. The van der Waals surface area contributed by atoms with E-state index < -0.39 is 51.5 Å². The van der Waals surface area contributed by atoms with E-state index in [1.165, 1.54) is 19.1 Å². The number of carbonyl (C=O) groups excluding carboxylic acids is 1. The molecule has 1 rings (SSSR count). The summed E-state index contributed by atoms with van der Waals surface area (Å²) in [4.78, 5) is 11.9. The van der Waals surface area contributed by atoms with Crippen molar-refractivity contribution in [3.8, 4) is 0 Å². The molecule has 0 aliphatic heterocycles. The summed E-state index contributed by atoms with van der Waals surface area (Å²) in [6.45, 7) is 6.28. The van der Waals surface area contributed by atoms with Crippen molar-refractivity contribution in [2.75, 3.05) is 6.61 Å². The monoisotopic (exact) mass is 365 g/mol. The largest absolute Gasteiger partial charge is 0.466 e. The second-order valence-corrected chi connectivity index (χ2v) is 8.18. The topological polar surface area (TPSA) is 55.4 Å². The lowest BCUT2D eigenvalue weighted by Gasteiger charge is -2.35. The van der Waals surface area contributed by atoms with Crippen LogP contribution in [-0.4, -0.2) is 28.0 Å². The average Bonchev–Trinajstić information content (AvgIpc) is 2.45. The predicted octanol–water partition coefficient (Wildman–Crippen LogP) is 3.29. The Balaban J connectivity index is 3.43. The first-order chi connectivity index (χ1) is 11.0. The Morgan fingerprint density at radius 2 is 1.88 bits per heavy atom. The van der Waals surface area contributed by atoms with Crippen molar-refractivity contribution in [1.29, 1.82) is 0 Å². The number of benzene rings is 1. The Morgan fingerprint density at radius 3 is 2.33 bits per heavy atom. The Morgan fingerprint density at radius 1 is 1.29 bits per heavy atom. The molecular weight excluding hydrogens is 343 g/mol. The zero-order chi connectivity index (χ0) is 18.5. The Kier molecular flexibility index (Phi) is 6.97. The van der Waals surface area contributed by atoms with Crippen LogP contribution < -0.4 is 4.72 Å². The van der Waals surface area contributed by atoms with Crippen molar-refractivity contribution in [3.05, 3.63) is 35.6 Å². The molecule has 0 spiro atoms. The zero-order valence-electron chi connectivity index (χ0n) is 14.1. The fourth-order valence-corrected chi connectivity index (χ4v) is 2.91. The van der Waals surface area contributed by atoms with Crippen LogP contribution in [0.1, 0.15) is 39.7 Å². The maximum atomic E-state index is 14.2. The lowest BCUT2D eigenvalue weighted by Crippen LogP contribution is -2.54. The van der Waals surface area contributed by atoms with Crippen LogP contribution >= 0.6 is 0 Å². The van der Waals surface area contributed by atoms with Gasteiger partial charge in [0, 0.05) is 5.56 Å². The molecule has 0 heterocycles. The normalized spacial score (nSPS) is 15.8. The molecule has 0 bridgehead atoms. The lowest BCUT2D eigenvalue weighted by molar-refractivity contribution is -0.147. The van der Waals surface area contributed by atoms with E-state index in [0.29, 0.717) is 0 Å². The fraction of sp³-hybridized carbons (Fsp3) is 0.562. The number of esters is 1. The molecule has 0 unspecified atom stereocenters. The molecule has 0 aliphatic carbocycles. The molecule has 24 heavy (non-hydrogen) atoms. The van der Waals surface area contributed by atoms with Crippen molar-refractivity contribution in [1.82, 2.24) is 4.72 Å². The quantitative estimate of drug-likeness (QED) is 0.755. The van der Waals surface area contributed by atoms with Crippen molar-refractivity contribution in [2.24, 2.45) is 0 Å². The second-order valence-electron chi connectivity index (χ2n) is 6.22. The van der Waals surface area contributed by atoms with Crippen LogP contribution in [0.4, 0.5) is 13.2 Å². The molecule has 0 aromatic heterocycles. The van der Waals surface area contributed by atoms with Gasteiger partial charge in [0.15, 0.2) is 0 Å². The van der Waals surface area contributed by atoms with Crippen molar-refractivity contribution >= 4 is 17.0 Å². The molecule has 2 atom stereocenters. The van der Waals surface area contributed by atoms with Crippen molar-refractivity contribution < 1.29 is 26.9 Å². The molecule has 0 saturated heterocycles. The minimum absolute atomic E-state index is 0.00220. The van der Waals surface area contributed by atoms with Crippen LogP contribution in [0, 0.1) is 5.82 Å². The first kappa shape index (κ1) is 20.6. The van der Waals surface area contributed by atoms with Gasteiger partial charge in [-0.05, 0) is 33.8 Å². The molecule has 0 fully saturated rings. The Hall–Kier alpha value is -1.41. The number of carbonyl (C=O) groups is 1. The van der Waals surface area contributed by atoms with Crippen LogP contribution in [0.2, 0.25) is 0 Å². The first-order valence-corrected chi connectivity index (χ1v) is 8.58. The molecule has 0 saturated carbocycles. The van der Waals surface area contributed by atoms with Gasteiger partial charge in [0.25, 0.3) is 6.43 Å². The SMILES string of the molecule is CCOC(=O)C[C@](N[S@](=O)C(C)(C)C)(c1ccccc1F)C(F)F. The number of hydrogen-bond donors (Lipinski definition) is 1. The highest BCUT2D eigenvalue weighted by atomic mass is 32.2. The van der Waals surface area contributed by atoms with E-state index in [2.05, 4.69) is 4.72 Å². The summed E-state index contributed by atoms with van der Waals surface area (Å²) in [6, 6.07) is 4.88. The first-order valence-electron chi connectivity index (χ1n) is 7.43. The molecule has 1 aromatic rings. The third-order valence-electron chi connectivity index (χ3n) is 3.29. The minimum atomic E-state index is -3.19. The maximum absolute atomic E-state index is 14.2. The third-order valence-corrected chi connectivity index (χ3v) is 4.95. The van der Waals surface area contributed by atoms with E-state index in [9.17, 15) is 22.2 Å². The average molecular weight is 365 g/mol. The maximum Gasteiger partial charge on any atom is 0.308 e. The van der Waals surface area contributed by atoms with E-state index >= 15 is 0 Å². The van der Waals surface area contributed by atoms with E-state index in [1.54, 1.807) is 20.8 Å². The molecule has 136 valence electrons. The molecule has 0 aliphatic rings. The molecule has 1 N–H and O–H groups in total. The van der Waals surface area contributed by atoms with Gasteiger partial charge in [0.05, 0.1) is 28.8 Å². The van der Waals surface area contributed by atoms with Crippen LogP contribution in [0.5, 0.6) is 0 Å². The van der Waals surface area contributed by atoms with Crippen molar-refractivity contribution in [3.63, 3.8) is 0 Å². The van der Waals surface area contributed by atoms with Gasteiger partial charge in [-0.15, -0.1) is 0 Å². The number of rotatable bonds is 7. The van der Waals surface area contributed by atoms with Gasteiger partial charge in [0.2, 0.25) is 0 Å². The van der Waals surface area contributed by atoms with Gasteiger partial charge in [-0.1, -0.05) is 18.2 Å². The Bertz CT molecular complexity index is 604. The molecule has 4 nitrogen and oxygen atoms in total. The van der Waals surface area contributed by atoms with Gasteiger partial charge in [-0.25, -0.2) is 22.1 Å². The Labute approximate surface area is 142 Å². The molecular formula is C16H22F3NO3S. The number of alkyl halides is 2. The van der Waals surface area contributed by atoms with Gasteiger partial charge in [-0.3, -0.25) is 4.79 Å². The van der Waals surface area contributed by atoms with Crippen LogP contribution in [0.15, 0.2) is 24.3 Å². The summed E-state index contributed by atoms with van der Waals surface area (Å²) in [6.07, 6.45) is -4.04. The summed E-state index contributed by atoms with van der Waals surface area (Å²) >= 11 is 0. The smallest absolute Gasteiger partial charge is 0.308 e. The summed E-state index contributed by atoms with van der Waals surface area (Å²) in [7, 11) is -1.96. The van der Waals surface area contributed by atoms with E-state index in [-0.39, 0.29) is 6.61 Å². The fourth-order valence-electron chi connectivity index (χ4n) is 2.01. The predicted molar refractivity (Wildman–Crippen MR) is 86.4 cm³/mol. The summed E-state index contributed by atoms with van der Waals surface area (Å²) in [5, 5.41) is 0. The van der Waals surface area contributed by atoms with Crippen LogP contribution in [0.3, 0.4) is 0 Å². The summed E-state index contributed by atoms with van der Waals surface area (Å²) in [5.41, 5.74) is -2.87. The van der Waals surface area contributed by atoms with Crippen LogP contribution in [-0.2, 0) is 26.1 Å². The number of ether oxygens (including phenoxy) is 1. The third kappa shape index (κ3) is 4.80. The van der Waals surface area contributed by atoms with Crippen LogP contribution in [0.25, 0.3) is 0 Å². The molecule has 0 radical (unpaired) electrons.